The number of hydrogen-bond donors (Lipinski definition) is 2. The molecule has 0 fully saturated rings. The zero-order valence-corrected chi connectivity index (χ0v) is 10.5. The number of nitrogens with two attached hydrogens (primary N) is 1. The number of aliphatic hydroxyl groups excluding tert-OH is 1. The Morgan fingerprint density at radius 3 is 2.44 bits per heavy atom. The van der Waals surface area contributed by atoms with Gasteiger partial charge in [0.2, 0.25) is 0 Å². The molecule has 0 radical (unpaired) electrons. The summed E-state index contributed by atoms with van der Waals surface area (Å²) in [6, 6.07) is 3.05. The van der Waals surface area contributed by atoms with Crippen LogP contribution in [0.15, 0.2) is 18.2 Å². The summed E-state index contributed by atoms with van der Waals surface area (Å²) < 4.78 is 37.7. The van der Waals surface area contributed by atoms with Crippen LogP contribution in [0.3, 0.4) is 0 Å². The monoisotopic (exact) mass is 261 g/mol. The van der Waals surface area contributed by atoms with Gasteiger partial charge in [0.1, 0.15) is 0 Å². The minimum Gasteiger partial charge on any atom is -0.398 e. The maximum atomic E-state index is 12.6. The number of benzene rings is 1. The molecule has 2 atom stereocenters. The van der Waals surface area contributed by atoms with Gasteiger partial charge in [-0.3, -0.25) is 0 Å². The first-order chi connectivity index (χ1) is 8.25. The van der Waals surface area contributed by atoms with Gasteiger partial charge in [0, 0.05) is 11.3 Å². The van der Waals surface area contributed by atoms with E-state index in [9.17, 15) is 18.3 Å². The highest BCUT2D eigenvalue weighted by Crippen LogP contribution is 2.34. The second kappa shape index (κ2) is 5.61. The summed E-state index contributed by atoms with van der Waals surface area (Å²) in [5.74, 6) is 0.231. The van der Waals surface area contributed by atoms with Crippen molar-refractivity contribution in [2.75, 3.05) is 5.73 Å². The third kappa shape index (κ3) is 3.63. The van der Waals surface area contributed by atoms with E-state index in [2.05, 4.69) is 0 Å². The van der Waals surface area contributed by atoms with Crippen molar-refractivity contribution in [2.45, 2.75) is 39.0 Å². The van der Waals surface area contributed by atoms with Gasteiger partial charge in [-0.2, -0.15) is 13.2 Å². The van der Waals surface area contributed by atoms with E-state index in [1.807, 2.05) is 13.8 Å². The first kappa shape index (κ1) is 14.8. The lowest BCUT2D eigenvalue weighted by molar-refractivity contribution is -0.137. The number of nitrogen functional groups attached to an aromatic ring is 1. The molecule has 0 heterocycles. The summed E-state index contributed by atoms with van der Waals surface area (Å²) in [4.78, 5) is 0. The maximum absolute atomic E-state index is 12.6. The number of hydrogen-bond acceptors (Lipinski definition) is 2. The van der Waals surface area contributed by atoms with Gasteiger partial charge in [-0.15, -0.1) is 0 Å². The first-order valence-corrected chi connectivity index (χ1v) is 5.90. The van der Waals surface area contributed by atoms with E-state index in [1.54, 1.807) is 0 Å². The summed E-state index contributed by atoms with van der Waals surface area (Å²) in [5, 5.41) is 9.95. The first-order valence-electron chi connectivity index (χ1n) is 5.90. The minimum atomic E-state index is -4.42. The van der Waals surface area contributed by atoms with Crippen LogP contribution in [0.2, 0.25) is 0 Å². The van der Waals surface area contributed by atoms with E-state index in [4.69, 9.17) is 5.73 Å². The molecule has 1 rings (SSSR count). The van der Waals surface area contributed by atoms with Crippen LogP contribution < -0.4 is 5.73 Å². The molecule has 1 aromatic carbocycles. The number of anilines is 1. The van der Waals surface area contributed by atoms with Gasteiger partial charge >= 0.3 is 6.18 Å². The number of halogens is 3. The minimum absolute atomic E-state index is 0.158. The average Bonchev–Trinajstić information content (AvgIpc) is 2.27. The second-order valence-electron chi connectivity index (χ2n) is 4.61. The van der Waals surface area contributed by atoms with Gasteiger partial charge < -0.3 is 10.8 Å². The number of alkyl halides is 3. The summed E-state index contributed by atoms with van der Waals surface area (Å²) in [6.07, 6.45) is -4.11. The fourth-order valence-electron chi connectivity index (χ4n) is 1.71. The molecular formula is C13H18F3NO. The lowest BCUT2D eigenvalue weighted by atomic mass is 9.94. The average molecular weight is 261 g/mol. The smallest absolute Gasteiger partial charge is 0.398 e. The van der Waals surface area contributed by atoms with Crippen molar-refractivity contribution in [1.82, 2.24) is 0 Å². The van der Waals surface area contributed by atoms with E-state index in [-0.39, 0.29) is 17.2 Å². The molecule has 2 unspecified atom stereocenters. The Kier molecular flexibility index (Phi) is 4.62. The zero-order chi connectivity index (χ0) is 13.9. The van der Waals surface area contributed by atoms with Gasteiger partial charge in [0.15, 0.2) is 0 Å². The van der Waals surface area contributed by atoms with Crippen molar-refractivity contribution in [3.05, 3.63) is 29.3 Å². The highest BCUT2D eigenvalue weighted by molar-refractivity contribution is 5.50. The van der Waals surface area contributed by atoms with Crippen LogP contribution in [0.25, 0.3) is 0 Å². The Balaban J connectivity index is 3.00. The molecule has 3 N–H and O–H groups in total. The fourth-order valence-corrected chi connectivity index (χ4v) is 1.71. The molecule has 0 aliphatic carbocycles. The molecule has 5 heteroatoms. The lowest BCUT2D eigenvalue weighted by Gasteiger charge is -2.18. The summed E-state index contributed by atoms with van der Waals surface area (Å²) in [5.41, 5.74) is 5.19. The SMILES string of the molecule is CCC(C)CC(O)c1cc(C(F)(F)F)ccc1N. The molecule has 0 spiro atoms. The van der Waals surface area contributed by atoms with E-state index in [0.717, 1.165) is 18.6 Å². The molecule has 102 valence electrons. The predicted molar refractivity (Wildman–Crippen MR) is 64.9 cm³/mol. The largest absolute Gasteiger partial charge is 0.416 e. The van der Waals surface area contributed by atoms with Crippen molar-refractivity contribution in [2.24, 2.45) is 5.92 Å². The highest BCUT2D eigenvalue weighted by Gasteiger charge is 2.31. The fraction of sp³-hybridized carbons (Fsp3) is 0.538. The Morgan fingerprint density at radius 2 is 1.94 bits per heavy atom. The Labute approximate surface area is 105 Å². The molecule has 0 aromatic heterocycles. The van der Waals surface area contributed by atoms with Crippen LogP contribution in [-0.2, 0) is 6.18 Å². The van der Waals surface area contributed by atoms with Gasteiger partial charge in [-0.05, 0) is 30.5 Å². The molecule has 0 amide bonds. The third-order valence-electron chi connectivity index (χ3n) is 3.10. The number of aliphatic hydroxyl groups is 1. The molecule has 2 nitrogen and oxygen atoms in total. The van der Waals surface area contributed by atoms with Crippen LogP contribution in [0.5, 0.6) is 0 Å². The summed E-state index contributed by atoms with van der Waals surface area (Å²) >= 11 is 0. The van der Waals surface area contributed by atoms with Crippen LogP contribution in [-0.4, -0.2) is 5.11 Å². The number of rotatable bonds is 4. The quantitative estimate of drug-likeness (QED) is 0.811. The van der Waals surface area contributed by atoms with Crippen molar-refractivity contribution in [1.29, 1.82) is 0 Å². The topological polar surface area (TPSA) is 46.2 Å². The van der Waals surface area contributed by atoms with Crippen LogP contribution in [0.1, 0.15) is 43.9 Å². The van der Waals surface area contributed by atoms with Crippen LogP contribution in [0, 0.1) is 5.92 Å². The second-order valence-corrected chi connectivity index (χ2v) is 4.61. The normalized spacial score (nSPS) is 15.4. The van der Waals surface area contributed by atoms with Gasteiger partial charge in [-0.25, -0.2) is 0 Å². The molecule has 0 saturated carbocycles. The zero-order valence-electron chi connectivity index (χ0n) is 10.5. The molecule has 0 saturated heterocycles. The van der Waals surface area contributed by atoms with E-state index in [0.29, 0.717) is 6.42 Å². The molecule has 0 bridgehead atoms. The summed E-state index contributed by atoms with van der Waals surface area (Å²) in [6.45, 7) is 3.90. The van der Waals surface area contributed by atoms with E-state index >= 15 is 0 Å². The third-order valence-corrected chi connectivity index (χ3v) is 3.10. The van der Waals surface area contributed by atoms with E-state index in [1.165, 1.54) is 6.07 Å². The van der Waals surface area contributed by atoms with Crippen molar-refractivity contribution in [3.63, 3.8) is 0 Å². The van der Waals surface area contributed by atoms with Gasteiger partial charge in [-0.1, -0.05) is 20.3 Å². The Hall–Kier alpha value is -1.23. The van der Waals surface area contributed by atoms with Gasteiger partial charge in [0.05, 0.1) is 11.7 Å². The molecule has 0 aliphatic rings. The van der Waals surface area contributed by atoms with Crippen LogP contribution in [0.4, 0.5) is 18.9 Å². The van der Waals surface area contributed by atoms with Crippen molar-refractivity contribution in [3.8, 4) is 0 Å². The molecule has 18 heavy (non-hydrogen) atoms. The lowest BCUT2D eigenvalue weighted by Crippen LogP contribution is -2.10. The molecule has 1 aromatic rings. The van der Waals surface area contributed by atoms with Crippen molar-refractivity contribution >= 4 is 5.69 Å². The van der Waals surface area contributed by atoms with Gasteiger partial charge in [0.25, 0.3) is 0 Å². The Bertz CT molecular complexity index is 404. The maximum Gasteiger partial charge on any atom is 0.416 e. The Morgan fingerprint density at radius 1 is 1.33 bits per heavy atom. The van der Waals surface area contributed by atoms with Crippen molar-refractivity contribution < 1.29 is 18.3 Å². The molecule has 0 aliphatic heterocycles. The summed E-state index contributed by atoms with van der Waals surface area (Å²) in [7, 11) is 0. The highest BCUT2D eigenvalue weighted by atomic mass is 19.4. The molecular weight excluding hydrogens is 243 g/mol. The predicted octanol–water partition coefficient (Wildman–Crippen LogP) is 3.76. The van der Waals surface area contributed by atoms with Crippen LogP contribution >= 0.6 is 0 Å². The standard InChI is InChI=1S/C13H18F3NO/c1-3-8(2)6-12(18)10-7-9(13(14,15)16)4-5-11(10)17/h4-5,7-8,12,18H,3,6,17H2,1-2H3. The van der Waals surface area contributed by atoms with E-state index < -0.39 is 17.8 Å².